The highest BCUT2D eigenvalue weighted by molar-refractivity contribution is 5.90. The topological polar surface area (TPSA) is 105 Å². The normalized spacial score (nSPS) is 18.0. The van der Waals surface area contributed by atoms with Gasteiger partial charge in [-0.1, -0.05) is 38.3 Å². The number of carbonyl (C=O) groups is 2. The van der Waals surface area contributed by atoms with Gasteiger partial charge in [0.05, 0.1) is 12.2 Å². The van der Waals surface area contributed by atoms with Crippen molar-refractivity contribution in [3.63, 3.8) is 0 Å². The summed E-state index contributed by atoms with van der Waals surface area (Å²) in [7, 11) is 0. The van der Waals surface area contributed by atoms with Crippen molar-refractivity contribution in [3.8, 4) is 0 Å². The molecule has 0 radical (unpaired) electrons. The van der Waals surface area contributed by atoms with Crippen LogP contribution in [0.15, 0.2) is 48.5 Å². The molecule has 0 amide bonds. The maximum atomic E-state index is 12.5. The Hall–Kier alpha value is -3.28. The van der Waals surface area contributed by atoms with Crippen molar-refractivity contribution in [3.05, 3.63) is 65.2 Å². The molecule has 182 valence electrons. The van der Waals surface area contributed by atoms with Gasteiger partial charge in [0.15, 0.2) is 0 Å². The Morgan fingerprint density at radius 3 is 2.47 bits per heavy atom. The Balaban J connectivity index is 1.41. The van der Waals surface area contributed by atoms with E-state index >= 15 is 0 Å². The van der Waals surface area contributed by atoms with Crippen LogP contribution in [0, 0.1) is 5.92 Å². The lowest BCUT2D eigenvalue weighted by Crippen LogP contribution is -2.24. The number of carbonyl (C=O) groups excluding carboxylic acids is 2. The fourth-order valence-electron chi connectivity index (χ4n) is 4.30. The summed E-state index contributed by atoms with van der Waals surface area (Å²) in [6, 6.07) is 12.3. The summed E-state index contributed by atoms with van der Waals surface area (Å²) in [6.45, 7) is 2.43. The molecule has 0 heterocycles. The molecule has 1 aliphatic rings. The number of unbranched alkanes of at least 4 members (excludes halogenated alkanes) is 1. The number of hydrogen-bond donors (Lipinski definition) is 2. The van der Waals surface area contributed by atoms with Crippen LogP contribution in [-0.2, 0) is 20.7 Å². The van der Waals surface area contributed by atoms with Crippen LogP contribution in [0.2, 0.25) is 0 Å². The van der Waals surface area contributed by atoms with E-state index in [2.05, 4.69) is 6.92 Å². The summed E-state index contributed by atoms with van der Waals surface area (Å²) in [6.07, 6.45) is 11.5. The fraction of sp³-hybridized carbons (Fsp3) is 0.429. The summed E-state index contributed by atoms with van der Waals surface area (Å²) >= 11 is 0. The molecular weight excluding hydrogens is 428 g/mol. The molecule has 0 spiro atoms. The fourth-order valence-corrected chi connectivity index (χ4v) is 4.30. The van der Waals surface area contributed by atoms with Crippen molar-refractivity contribution in [1.29, 1.82) is 0 Å². The number of esters is 2. The molecule has 1 fully saturated rings. The molecular formula is C28H36N2O4. The van der Waals surface area contributed by atoms with E-state index in [1.165, 1.54) is 25.3 Å². The maximum Gasteiger partial charge on any atom is 0.338 e. The minimum Gasteiger partial charge on any atom is -0.462 e. The first-order valence-corrected chi connectivity index (χ1v) is 12.2. The summed E-state index contributed by atoms with van der Waals surface area (Å²) in [5.41, 5.74) is 15.1. The molecule has 6 nitrogen and oxygen atoms in total. The van der Waals surface area contributed by atoms with Gasteiger partial charge in [-0.25, -0.2) is 9.59 Å². The Bertz CT molecular complexity index is 976. The number of rotatable bonds is 10. The van der Waals surface area contributed by atoms with Gasteiger partial charge < -0.3 is 20.9 Å². The lowest BCUT2D eigenvalue weighted by molar-refractivity contribution is -0.137. The molecule has 0 unspecified atom stereocenters. The van der Waals surface area contributed by atoms with Gasteiger partial charge in [0.25, 0.3) is 0 Å². The van der Waals surface area contributed by atoms with Gasteiger partial charge in [-0.2, -0.15) is 0 Å². The van der Waals surface area contributed by atoms with E-state index in [4.69, 9.17) is 20.9 Å². The standard InChI is InChI=1S/C28H36N2O4/c1-2-3-4-20-7-13-25(14-8-20)34-28(32)22-10-5-21(6-11-22)9-16-27(31)33-18-17-23-19-24(29)12-15-26(23)30/h5-6,9-12,15-16,19-20,25H,2-4,7-8,13-14,17-18,29-30H2,1H3/b16-9+. The molecule has 1 aliphatic carbocycles. The number of hydrogen-bond acceptors (Lipinski definition) is 6. The summed E-state index contributed by atoms with van der Waals surface area (Å²) in [5.74, 6) is 0.0520. The lowest BCUT2D eigenvalue weighted by Gasteiger charge is -2.28. The Labute approximate surface area is 202 Å². The van der Waals surface area contributed by atoms with Crippen LogP contribution in [0.1, 0.15) is 73.4 Å². The highest BCUT2D eigenvalue weighted by Crippen LogP contribution is 2.30. The molecule has 0 atom stereocenters. The van der Waals surface area contributed by atoms with Crippen LogP contribution in [-0.4, -0.2) is 24.6 Å². The zero-order valence-corrected chi connectivity index (χ0v) is 20.0. The molecule has 0 aliphatic heterocycles. The molecule has 0 aromatic heterocycles. The van der Waals surface area contributed by atoms with Crippen molar-refractivity contribution < 1.29 is 19.1 Å². The summed E-state index contributed by atoms with van der Waals surface area (Å²) in [4.78, 5) is 24.5. The SMILES string of the molecule is CCCCC1CCC(OC(=O)c2ccc(/C=C/C(=O)OCCc3cc(N)ccc3N)cc2)CC1. The molecule has 6 heteroatoms. The third-order valence-corrected chi connectivity index (χ3v) is 6.37. The average molecular weight is 465 g/mol. The molecule has 34 heavy (non-hydrogen) atoms. The van der Waals surface area contributed by atoms with Crippen LogP contribution in [0.25, 0.3) is 6.08 Å². The van der Waals surface area contributed by atoms with Crippen LogP contribution in [0.5, 0.6) is 0 Å². The number of anilines is 2. The van der Waals surface area contributed by atoms with E-state index in [1.54, 1.807) is 48.5 Å². The summed E-state index contributed by atoms with van der Waals surface area (Å²) < 4.78 is 11.0. The van der Waals surface area contributed by atoms with Gasteiger partial charge in [0.1, 0.15) is 6.10 Å². The number of nitrogen functional groups attached to an aromatic ring is 2. The molecule has 3 rings (SSSR count). The predicted molar refractivity (Wildman–Crippen MR) is 136 cm³/mol. The van der Waals surface area contributed by atoms with Crippen molar-refractivity contribution in [2.24, 2.45) is 5.92 Å². The first kappa shape index (κ1) is 25.3. The highest BCUT2D eigenvalue weighted by atomic mass is 16.5. The molecule has 1 saturated carbocycles. The molecule has 0 saturated heterocycles. The third kappa shape index (κ3) is 7.94. The average Bonchev–Trinajstić information content (AvgIpc) is 2.84. The highest BCUT2D eigenvalue weighted by Gasteiger charge is 2.24. The molecule has 2 aromatic carbocycles. The van der Waals surface area contributed by atoms with Crippen LogP contribution >= 0.6 is 0 Å². The van der Waals surface area contributed by atoms with Crippen LogP contribution < -0.4 is 11.5 Å². The van der Waals surface area contributed by atoms with Gasteiger partial charge >= 0.3 is 11.9 Å². The van der Waals surface area contributed by atoms with Gasteiger partial charge in [-0.3, -0.25) is 0 Å². The maximum absolute atomic E-state index is 12.5. The minimum atomic E-state index is -0.444. The van der Waals surface area contributed by atoms with Crippen molar-refractivity contribution >= 4 is 29.4 Å². The van der Waals surface area contributed by atoms with E-state index in [-0.39, 0.29) is 18.7 Å². The second-order valence-corrected chi connectivity index (χ2v) is 9.02. The second kappa shape index (κ2) is 12.8. The molecule has 4 N–H and O–H groups in total. The Kier molecular flexibility index (Phi) is 9.56. The Morgan fingerprint density at radius 1 is 1.03 bits per heavy atom. The van der Waals surface area contributed by atoms with E-state index in [1.807, 2.05) is 0 Å². The van der Waals surface area contributed by atoms with Crippen LogP contribution in [0.3, 0.4) is 0 Å². The van der Waals surface area contributed by atoms with Gasteiger partial charge in [0.2, 0.25) is 0 Å². The van der Waals surface area contributed by atoms with Gasteiger partial charge in [0, 0.05) is 23.9 Å². The van der Waals surface area contributed by atoms with Gasteiger partial charge in [-0.15, -0.1) is 0 Å². The molecule has 2 aromatic rings. The van der Waals surface area contributed by atoms with E-state index in [0.29, 0.717) is 23.4 Å². The number of ether oxygens (including phenoxy) is 2. The minimum absolute atomic E-state index is 0.0161. The first-order chi connectivity index (χ1) is 16.4. The van der Waals surface area contributed by atoms with E-state index in [0.717, 1.165) is 42.7 Å². The summed E-state index contributed by atoms with van der Waals surface area (Å²) in [5, 5.41) is 0. The van der Waals surface area contributed by atoms with Crippen molar-refractivity contribution in [2.75, 3.05) is 18.1 Å². The Morgan fingerprint density at radius 2 is 1.76 bits per heavy atom. The third-order valence-electron chi connectivity index (χ3n) is 6.37. The predicted octanol–water partition coefficient (Wildman–Crippen LogP) is 5.56. The monoisotopic (exact) mass is 464 g/mol. The second-order valence-electron chi connectivity index (χ2n) is 9.02. The molecule has 0 bridgehead atoms. The number of benzene rings is 2. The zero-order chi connectivity index (χ0) is 24.3. The zero-order valence-electron chi connectivity index (χ0n) is 20.0. The van der Waals surface area contributed by atoms with E-state index in [9.17, 15) is 9.59 Å². The largest absolute Gasteiger partial charge is 0.462 e. The van der Waals surface area contributed by atoms with Gasteiger partial charge in [-0.05, 0) is 79.1 Å². The van der Waals surface area contributed by atoms with Crippen molar-refractivity contribution in [1.82, 2.24) is 0 Å². The smallest absolute Gasteiger partial charge is 0.338 e. The lowest BCUT2D eigenvalue weighted by atomic mass is 9.84. The first-order valence-electron chi connectivity index (χ1n) is 12.2. The van der Waals surface area contributed by atoms with E-state index < -0.39 is 5.97 Å². The number of nitrogens with two attached hydrogens (primary N) is 2. The quantitative estimate of drug-likeness (QED) is 0.271. The van der Waals surface area contributed by atoms with Crippen molar-refractivity contribution in [2.45, 2.75) is 64.4 Å². The van der Waals surface area contributed by atoms with Crippen LogP contribution in [0.4, 0.5) is 11.4 Å².